The third-order valence-electron chi connectivity index (χ3n) is 4.33. The van der Waals surface area contributed by atoms with Gasteiger partial charge in [0, 0.05) is 43.1 Å². The van der Waals surface area contributed by atoms with Gasteiger partial charge in [0.25, 0.3) is 0 Å². The summed E-state index contributed by atoms with van der Waals surface area (Å²) in [7, 11) is 1.56. The summed E-state index contributed by atoms with van der Waals surface area (Å²) in [5, 5.41) is 2.85. The van der Waals surface area contributed by atoms with E-state index in [1.165, 1.54) is 11.8 Å². The first-order valence-corrected chi connectivity index (χ1v) is 9.05. The van der Waals surface area contributed by atoms with Crippen molar-refractivity contribution in [1.29, 1.82) is 0 Å². The molecule has 2 amide bonds. The van der Waals surface area contributed by atoms with Gasteiger partial charge in [0.15, 0.2) is 0 Å². The Morgan fingerprint density at radius 1 is 1.00 bits per heavy atom. The maximum Gasteiger partial charge on any atom is 0.244 e. The number of ether oxygens (including phenoxy) is 1. The van der Waals surface area contributed by atoms with Crippen LogP contribution >= 0.6 is 0 Å². The first-order chi connectivity index (χ1) is 13.0. The molecule has 0 saturated carbocycles. The molecular formula is C21H27N3O3. The molecule has 2 aromatic rings. The van der Waals surface area contributed by atoms with Gasteiger partial charge < -0.3 is 19.9 Å². The lowest BCUT2D eigenvalue weighted by Crippen LogP contribution is -2.36. The summed E-state index contributed by atoms with van der Waals surface area (Å²) in [5.41, 5.74) is 2.43. The third kappa shape index (κ3) is 5.48. The number of nitrogens with zero attached hydrogens (tertiary/aromatic N) is 2. The van der Waals surface area contributed by atoms with Crippen LogP contribution in [0, 0.1) is 0 Å². The molecule has 0 spiro atoms. The van der Waals surface area contributed by atoms with Crippen LogP contribution in [0.2, 0.25) is 0 Å². The molecule has 0 fully saturated rings. The quantitative estimate of drug-likeness (QED) is 0.773. The molecule has 2 aromatic carbocycles. The lowest BCUT2D eigenvalue weighted by atomic mass is 10.2. The van der Waals surface area contributed by atoms with Gasteiger partial charge in [-0.15, -0.1) is 0 Å². The Hall–Kier alpha value is -3.02. The van der Waals surface area contributed by atoms with Gasteiger partial charge in [-0.05, 0) is 50.2 Å². The van der Waals surface area contributed by atoms with Crippen molar-refractivity contribution in [3.63, 3.8) is 0 Å². The van der Waals surface area contributed by atoms with Gasteiger partial charge in [-0.3, -0.25) is 9.59 Å². The van der Waals surface area contributed by atoms with Gasteiger partial charge >= 0.3 is 0 Å². The highest BCUT2D eigenvalue weighted by Crippen LogP contribution is 2.22. The average Bonchev–Trinajstić information content (AvgIpc) is 2.68. The normalized spacial score (nSPS) is 10.2. The molecule has 0 saturated heterocycles. The van der Waals surface area contributed by atoms with Gasteiger partial charge in [-0.1, -0.05) is 6.07 Å². The van der Waals surface area contributed by atoms with Crippen molar-refractivity contribution in [3.05, 3.63) is 48.5 Å². The molecule has 0 aliphatic carbocycles. The summed E-state index contributed by atoms with van der Waals surface area (Å²) >= 11 is 0. The number of amides is 2. The summed E-state index contributed by atoms with van der Waals surface area (Å²) in [6, 6.07) is 14.8. The summed E-state index contributed by atoms with van der Waals surface area (Å²) in [6.45, 7) is 7.43. The molecule has 27 heavy (non-hydrogen) atoms. The molecular weight excluding hydrogens is 342 g/mol. The number of benzene rings is 2. The minimum atomic E-state index is -0.261. The van der Waals surface area contributed by atoms with Crippen LogP contribution in [0.3, 0.4) is 0 Å². The highest BCUT2D eigenvalue weighted by molar-refractivity contribution is 6.01. The van der Waals surface area contributed by atoms with Crippen LogP contribution in [0.4, 0.5) is 17.1 Å². The molecule has 0 aromatic heterocycles. The summed E-state index contributed by atoms with van der Waals surface area (Å²) in [4.78, 5) is 28.1. The van der Waals surface area contributed by atoms with E-state index in [2.05, 4.69) is 24.1 Å². The number of carbonyl (C=O) groups is 2. The molecule has 0 aliphatic rings. The van der Waals surface area contributed by atoms with E-state index in [-0.39, 0.29) is 18.4 Å². The summed E-state index contributed by atoms with van der Waals surface area (Å²) < 4.78 is 5.19. The Labute approximate surface area is 160 Å². The van der Waals surface area contributed by atoms with Crippen molar-refractivity contribution in [2.45, 2.75) is 20.8 Å². The first-order valence-electron chi connectivity index (χ1n) is 9.05. The molecule has 0 aliphatic heterocycles. The highest BCUT2D eigenvalue weighted by atomic mass is 16.5. The molecule has 0 unspecified atom stereocenters. The number of rotatable bonds is 8. The molecule has 144 valence electrons. The lowest BCUT2D eigenvalue weighted by Gasteiger charge is -2.22. The molecule has 0 atom stereocenters. The molecule has 6 nitrogen and oxygen atoms in total. The predicted octanol–water partition coefficient (Wildman–Crippen LogP) is 3.53. The zero-order chi connectivity index (χ0) is 19.8. The summed E-state index contributed by atoms with van der Waals surface area (Å²) in [6.07, 6.45) is 0. The Bertz CT molecular complexity index is 770. The number of carbonyl (C=O) groups excluding carboxylic acids is 2. The number of nitrogens with one attached hydrogen (secondary N) is 1. The molecule has 6 heteroatoms. The van der Waals surface area contributed by atoms with E-state index in [9.17, 15) is 9.59 Å². The van der Waals surface area contributed by atoms with E-state index < -0.39 is 0 Å². The zero-order valence-electron chi connectivity index (χ0n) is 16.4. The van der Waals surface area contributed by atoms with Crippen LogP contribution in [-0.2, 0) is 9.59 Å². The minimum absolute atomic E-state index is 0.0691. The Morgan fingerprint density at radius 2 is 1.67 bits per heavy atom. The second-order valence-corrected chi connectivity index (χ2v) is 6.07. The maximum absolute atomic E-state index is 12.4. The second-order valence-electron chi connectivity index (χ2n) is 6.07. The van der Waals surface area contributed by atoms with Crippen molar-refractivity contribution < 1.29 is 14.3 Å². The van der Waals surface area contributed by atoms with Crippen LogP contribution in [0.25, 0.3) is 0 Å². The standard InChI is InChI=1S/C21H27N3O3/c1-5-23(6-2)18-12-10-17(11-13-18)22-21(26)15-24(16(3)25)19-8-7-9-20(14-19)27-4/h7-14H,5-6,15H2,1-4H3,(H,22,26). The molecule has 0 heterocycles. The van der Waals surface area contributed by atoms with Crippen LogP contribution in [0.5, 0.6) is 5.75 Å². The number of hydrogen-bond donors (Lipinski definition) is 1. The number of anilines is 3. The van der Waals surface area contributed by atoms with Crippen LogP contribution < -0.4 is 19.9 Å². The first kappa shape index (κ1) is 20.3. The molecule has 0 radical (unpaired) electrons. The van der Waals surface area contributed by atoms with Crippen LogP contribution in [-0.4, -0.2) is 38.6 Å². The third-order valence-corrected chi connectivity index (χ3v) is 4.33. The van der Waals surface area contributed by atoms with Gasteiger partial charge in [0.2, 0.25) is 11.8 Å². The van der Waals surface area contributed by atoms with Gasteiger partial charge in [-0.25, -0.2) is 0 Å². The Morgan fingerprint density at radius 3 is 2.22 bits per heavy atom. The van der Waals surface area contributed by atoms with Crippen molar-refractivity contribution in [1.82, 2.24) is 0 Å². The van der Waals surface area contributed by atoms with E-state index in [0.717, 1.165) is 18.8 Å². The van der Waals surface area contributed by atoms with E-state index in [1.54, 1.807) is 31.4 Å². The van der Waals surface area contributed by atoms with E-state index >= 15 is 0 Å². The van der Waals surface area contributed by atoms with Gasteiger partial charge in [0.1, 0.15) is 12.3 Å². The zero-order valence-corrected chi connectivity index (χ0v) is 16.4. The molecule has 0 bridgehead atoms. The van der Waals surface area contributed by atoms with Crippen molar-refractivity contribution in [2.75, 3.05) is 41.9 Å². The second kappa shape index (κ2) is 9.62. The predicted molar refractivity (Wildman–Crippen MR) is 110 cm³/mol. The van der Waals surface area contributed by atoms with Crippen molar-refractivity contribution in [2.24, 2.45) is 0 Å². The van der Waals surface area contributed by atoms with Crippen molar-refractivity contribution >= 4 is 28.9 Å². The lowest BCUT2D eigenvalue weighted by molar-refractivity contribution is -0.120. The van der Waals surface area contributed by atoms with E-state index in [0.29, 0.717) is 17.1 Å². The molecule has 1 N–H and O–H groups in total. The fraction of sp³-hybridized carbons (Fsp3) is 0.333. The average molecular weight is 369 g/mol. The number of hydrogen-bond acceptors (Lipinski definition) is 4. The van der Waals surface area contributed by atoms with E-state index in [1.807, 2.05) is 24.3 Å². The van der Waals surface area contributed by atoms with Gasteiger partial charge in [0.05, 0.1) is 7.11 Å². The molecule has 2 rings (SSSR count). The number of methoxy groups -OCH3 is 1. The fourth-order valence-corrected chi connectivity index (χ4v) is 2.85. The largest absolute Gasteiger partial charge is 0.497 e. The Balaban J connectivity index is 2.06. The van der Waals surface area contributed by atoms with E-state index in [4.69, 9.17) is 4.74 Å². The SMILES string of the molecule is CCN(CC)c1ccc(NC(=O)CN(C(C)=O)c2cccc(OC)c2)cc1. The topological polar surface area (TPSA) is 61.9 Å². The fourth-order valence-electron chi connectivity index (χ4n) is 2.85. The van der Waals surface area contributed by atoms with Crippen LogP contribution in [0.15, 0.2) is 48.5 Å². The Kier molecular flexibility index (Phi) is 7.23. The highest BCUT2D eigenvalue weighted by Gasteiger charge is 2.16. The van der Waals surface area contributed by atoms with Gasteiger partial charge in [-0.2, -0.15) is 0 Å². The van der Waals surface area contributed by atoms with Crippen molar-refractivity contribution in [3.8, 4) is 5.75 Å². The minimum Gasteiger partial charge on any atom is -0.497 e. The van der Waals surface area contributed by atoms with Crippen LogP contribution in [0.1, 0.15) is 20.8 Å². The maximum atomic E-state index is 12.4. The monoisotopic (exact) mass is 369 g/mol. The smallest absolute Gasteiger partial charge is 0.244 e. The summed E-state index contributed by atoms with van der Waals surface area (Å²) in [5.74, 6) is 0.157.